The molecule has 0 unspecified atom stereocenters. The van der Waals surface area contributed by atoms with Crippen LogP contribution in [0.25, 0.3) is 0 Å². The number of rotatable bonds is 4. The monoisotopic (exact) mass is 344 g/mol. The second-order valence-corrected chi connectivity index (χ2v) is 7.27. The first-order chi connectivity index (χ1) is 10.2. The zero-order valence-corrected chi connectivity index (χ0v) is 13.5. The van der Waals surface area contributed by atoms with E-state index in [1.54, 1.807) is 13.8 Å². The van der Waals surface area contributed by atoms with Gasteiger partial charge < -0.3 is 9.88 Å². The van der Waals surface area contributed by atoms with E-state index in [1.165, 1.54) is 35.0 Å². The summed E-state index contributed by atoms with van der Waals surface area (Å²) in [4.78, 5) is 12.1. The zero-order chi connectivity index (χ0) is 16.5. The van der Waals surface area contributed by atoms with Crippen molar-refractivity contribution in [2.24, 2.45) is 0 Å². The highest BCUT2D eigenvalue weighted by Gasteiger charge is 2.19. The molecule has 1 amide bonds. The molecule has 0 bridgehead atoms. The molecule has 0 radical (unpaired) electrons. The average molecular weight is 345 g/mol. The molecule has 8 heteroatoms. The number of nitrogens with one attached hydrogen (secondary N) is 1. The Balaban J connectivity index is 2.33. The SMILES string of the molecule is CCn1cc(S(=O)(=O)Cl)cc1C(=O)Nc1ccc(F)c(C)c1. The minimum Gasteiger partial charge on any atom is -0.342 e. The Labute approximate surface area is 132 Å². The maximum atomic E-state index is 13.2. The second kappa shape index (κ2) is 6.10. The van der Waals surface area contributed by atoms with E-state index >= 15 is 0 Å². The van der Waals surface area contributed by atoms with Gasteiger partial charge in [-0.1, -0.05) is 0 Å². The zero-order valence-electron chi connectivity index (χ0n) is 11.9. The molecule has 0 fully saturated rings. The quantitative estimate of drug-likeness (QED) is 0.866. The summed E-state index contributed by atoms with van der Waals surface area (Å²) in [5.74, 6) is -0.870. The normalized spacial score (nSPS) is 11.5. The highest BCUT2D eigenvalue weighted by Crippen LogP contribution is 2.20. The van der Waals surface area contributed by atoms with Gasteiger partial charge in [0, 0.05) is 29.1 Å². The molecule has 118 valence electrons. The molecule has 0 aliphatic carbocycles. The van der Waals surface area contributed by atoms with Crippen LogP contribution in [0.2, 0.25) is 0 Å². The van der Waals surface area contributed by atoms with Crippen LogP contribution in [-0.4, -0.2) is 18.9 Å². The standard InChI is InChI=1S/C14H14ClFN2O3S/c1-3-18-8-11(22(15,20)21)7-13(18)14(19)17-10-4-5-12(16)9(2)6-10/h4-8H,3H2,1-2H3,(H,17,19). The van der Waals surface area contributed by atoms with E-state index in [-0.39, 0.29) is 16.4 Å². The lowest BCUT2D eigenvalue weighted by Crippen LogP contribution is -2.16. The fourth-order valence-electron chi connectivity index (χ4n) is 1.99. The summed E-state index contributed by atoms with van der Waals surface area (Å²) in [6.45, 7) is 3.75. The van der Waals surface area contributed by atoms with Gasteiger partial charge in [-0.05, 0) is 43.7 Å². The van der Waals surface area contributed by atoms with Gasteiger partial charge in [-0.15, -0.1) is 0 Å². The van der Waals surface area contributed by atoms with E-state index in [1.807, 2.05) is 0 Å². The van der Waals surface area contributed by atoms with E-state index in [0.29, 0.717) is 17.8 Å². The van der Waals surface area contributed by atoms with Crippen molar-refractivity contribution in [3.8, 4) is 0 Å². The van der Waals surface area contributed by atoms with Crippen LogP contribution in [0.4, 0.5) is 10.1 Å². The van der Waals surface area contributed by atoms with Gasteiger partial charge in [0.1, 0.15) is 16.4 Å². The summed E-state index contributed by atoms with van der Waals surface area (Å²) in [7, 11) is 1.38. The third-order valence-electron chi connectivity index (χ3n) is 3.14. The van der Waals surface area contributed by atoms with Gasteiger partial charge in [-0.2, -0.15) is 0 Å². The maximum Gasteiger partial charge on any atom is 0.272 e. The van der Waals surface area contributed by atoms with Gasteiger partial charge in [0.25, 0.3) is 15.0 Å². The number of hydrogen-bond donors (Lipinski definition) is 1. The molecule has 22 heavy (non-hydrogen) atoms. The minimum atomic E-state index is -3.91. The second-order valence-electron chi connectivity index (χ2n) is 4.70. The van der Waals surface area contributed by atoms with Crippen LogP contribution < -0.4 is 5.32 Å². The minimum absolute atomic E-state index is 0.142. The van der Waals surface area contributed by atoms with Crippen LogP contribution in [0, 0.1) is 12.7 Å². The summed E-state index contributed by atoms with van der Waals surface area (Å²) in [5, 5.41) is 2.60. The van der Waals surface area contributed by atoms with E-state index in [0.717, 1.165) is 0 Å². The number of nitrogens with zero attached hydrogens (tertiary/aromatic N) is 1. The molecule has 0 saturated heterocycles. The Bertz CT molecular complexity index is 831. The molecule has 2 rings (SSSR count). The maximum absolute atomic E-state index is 13.2. The molecule has 0 aliphatic rings. The summed E-state index contributed by atoms with van der Waals surface area (Å²) in [6.07, 6.45) is 1.30. The molecular weight excluding hydrogens is 331 g/mol. The Morgan fingerprint density at radius 3 is 2.59 bits per heavy atom. The highest BCUT2D eigenvalue weighted by atomic mass is 35.7. The highest BCUT2D eigenvalue weighted by molar-refractivity contribution is 8.13. The number of benzene rings is 1. The fraction of sp³-hybridized carbons (Fsp3) is 0.214. The summed E-state index contributed by atoms with van der Waals surface area (Å²) >= 11 is 0. The van der Waals surface area contributed by atoms with Gasteiger partial charge in [0.15, 0.2) is 0 Å². The van der Waals surface area contributed by atoms with Crippen LogP contribution >= 0.6 is 10.7 Å². The Kier molecular flexibility index (Phi) is 4.58. The molecule has 0 saturated carbocycles. The van der Waals surface area contributed by atoms with Gasteiger partial charge >= 0.3 is 0 Å². The van der Waals surface area contributed by atoms with Crippen molar-refractivity contribution in [3.63, 3.8) is 0 Å². The molecule has 1 aromatic carbocycles. The van der Waals surface area contributed by atoms with Crippen molar-refractivity contribution in [1.82, 2.24) is 4.57 Å². The molecule has 0 spiro atoms. The summed E-state index contributed by atoms with van der Waals surface area (Å²) in [6, 6.07) is 5.38. The number of amides is 1. The van der Waals surface area contributed by atoms with Crippen LogP contribution in [0.1, 0.15) is 23.0 Å². The van der Waals surface area contributed by atoms with Crippen molar-refractivity contribution in [2.75, 3.05) is 5.32 Å². The fourth-order valence-corrected chi connectivity index (χ4v) is 2.75. The number of aryl methyl sites for hydroxylation is 2. The topological polar surface area (TPSA) is 68.2 Å². The van der Waals surface area contributed by atoms with Crippen molar-refractivity contribution >= 4 is 31.3 Å². The van der Waals surface area contributed by atoms with Crippen molar-refractivity contribution in [1.29, 1.82) is 0 Å². The molecule has 2 aromatic rings. The summed E-state index contributed by atoms with van der Waals surface area (Å²) in [5.41, 5.74) is 0.972. The molecule has 0 atom stereocenters. The van der Waals surface area contributed by atoms with Gasteiger partial charge in [0.05, 0.1) is 0 Å². The molecular formula is C14H14ClFN2O3S. The van der Waals surface area contributed by atoms with Crippen molar-refractivity contribution in [3.05, 3.63) is 47.5 Å². The van der Waals surface area contributed by atoms with E-state index in [4.69, 9.17) is 10.7 Å². The molecule has 5 nitrogen and oxygen atoms in total. The smallest absolute Gasteiger partial charge is 0.272 e. The molecule has 1 aromatic heterocycles. The molecule has 1 N–H and O–H groups in total. The Morgan fingerprint density at radius 1 is 1.36 bits per heavy atom. The molecule has 1 heterocycles. The third kappa shape index (κ3) is 3.48. The number of anilines is 1. The largest absolute Gasteiger partial charge is 0.342 e. The van der Waals surface area contributed by atoms with Gasteiger partial charge in [-0.25, -0.2) is 12.8 Å². The van der Waals surface area contributed by atoms with Crippen LogP contribution in [0.3, 0.4) is 0 Å². The Morgan fingerprint density at radius 2 is 2.05 bits per heavy atom. The lowest BCUT2D eigenvalue weighted by atomic mass is 10.2. The van der Waals surface area contributed by atoms with Crippen LogP contribution in [-0.2, 0) is 15.6 Å². The van der Waals surface area contributed by atoms with Crippen LogP contribution in [0.5, 0.6) is 0 Å². The number of halogens is 2. The number of hydrogen-bond acceptors (Lipinski definition) is 3. The lowest BCUT2D eigenvalue weighted by Gasteiger charge is -2.08. The number of carbonyl (C=O) groups excluding carboxylic acids is 1. The Hall–Kier alpha value is -1.86. The predicted octanol–water partition coefficient (Wildman–Crippen LogP) is 3.14. The van der Waals surface area contributed by atoms with E-state index in [9.17, 15) is 17.6 Å². The predicted molar refractivity (Wildman–Crippen MR) is 82.2 cm³/mol. The average Bonchev–Trinajstić information content (AvgIpc) is 2.87. The van der Waals surface area contributed by atoms with Crippen LogP contribution in [0.15, 0.2) is 35.4 Å². The first-order valence-corrected chi connectivity index (χ1v) is 8.75. The van der Waals surface area contributed by atoms with E-state index < -0.39 is 15.0 Å². The van der Waals surface area contributed by atoms with Crippen molar-refractivity contribution < 1.29 is 17.6 Å². The third-order valence-corrected chi connectivity index (χ3v) is 4.46. The lowest BCUT2D eigenvalue weighted by molar-refractivity contribution is 0.101. The number of aromatic nitrogens is 1. The van der Waals surface area contributed by atoms with Gasteiger partial charge in [0.2, 0.25) is 0 Å². The number of carbonyl (C=O) groups is 1. The van der Waals surface area contributed by atoms with E-state index in [2.05, 4.69) is 5.32 Å². The van der Waals surface area contributed by atoms with Gasteiger partial charge in [-0.3, -0.25) is 4.79 Å². The first kappa shape index (κ1) is 16.5. The molecule has 0 aliphatic heterocycles. The summed E-state index contributed by atoms with van der Waals surface area (Å²) < 4.78 is 37.4. The first-order valence-electron chi connectivity index (χ1n) is 6.44. The van der Waals surface area contributed by atoms with Crippen molar-refractivity contribution in [2.45, 2.75) is 25.3 Å².